The zero-order valence-electron chi connectivity index (χ0n) is 17.7. The molecule has 8 heteroatoms. The van der Waals surface area contributed by atoms with E-state index in [9.17, 15) is 14.4 Å². The van der Waals surface area contributed by atoms with Crippen LogP contribution in [0.15, 0.2) is 58.1 Å². The van der Waals surface area contributed by atoms with Gasteiger partial charge in [0.25, 0.3) is 17.0 Å². The van der Waals surface area contributed by atoms with E-state index in [1.165, 1.54) is 0 Å². The van der Waals surface area contributed by atoms with Crippen molar-refractivity contribution in [1.29, 1.82) is 0 Å². The monoisotopic (exact) mass is 444 g/mol. The molecule has 0 aliphatic carbocycles. The Hall–Kier alpha value is -3.65. The first-order chi connectivity index (χ1) is 15.5. The van der Waals surface area contributed by atoms with Crippen molar-refractivity contribution in [2.45, 2.75) is 26.7 Å². The van der Waals surface area contributed by atoms with Crippen LogP contribution < -0.4 is 20.6 Å². The van der Waals surface area contributed by atoms with Gasteiger partial charge in [-0.3, -0.25) is 14.4 Å². The van der Waals surface area contributed by atoms with E-state index >= 15 is 0 Å². The summed E-state index contributed by atoms with van der Waals surface area (Å²) >= 11 is 1.03. The van der Waals surface area contributed by atoms with Gasteiger partial charge in [0.05, 0.1) is 11.3 Å². The highest BCUT2D eigenvalue weighted by Crippen LogP contribution is 2.35. The summed E-state index contributed by atoms with van der Waals surface area (Å²) in [5.74, 6) is -0.209. The summed E-state index contributed by atoms with van der Waals surface area (Å²) in [6.07, 6.45) is 1.08. The minimum Gasteiger partial charge on any atom is -0.308 e. The highest BCUT2D eigenvalue weighted by molar-refractivity contribution is 7.15. The van der Waals surface area contributed by atoms with Crippen molar-refractivity contribution in [1.82, 2.24) is 14.6 Å². The van der Waals surface area contributed by atoms with Crippen molar-refractivity contribution in [3.8, 4) is 0 Å². The number of thiazole rings is 1. The van der Waals surface area contributed by atoms with Gasteiger partial charge in [-0.2, -0.15) is 14.6 Å². The third kappa shape index (κ3) is 3.23. The molecule has 1 aliphatic rings. The maximum atomic E-state index is 13.3. The summed E-state index contributed by atoms with van der Waals surface area (Å²) in [5, 5.41) is 4.32. The normalized spacial score (nSPS) is 14.9. The Morgan fingerprint density at radius 1 is 1.00 bits per heavy atom. The summed E-state index contributed by atoms with van der Waals surface area (Å²) in [6, 6.07) is 15.2. The Kier molecular flexibility index (Phi) is 4.94. The number of nitrogens with zero attached hydrogens (tertiary/aromatic N) is 4. The van der Waals surface area contributed by atoms with E-state index in [0.717, 1.165) is 44.7 Å². The highest BCUT2D eigenvalue weighted by atomic mass is 32.1. The summed E-state index contributed by atoms with van der Waals surface area (Å²) in [6.45, 7) is 4.55. The Morgan fingerprint density at radius 2 is 1.75 bits per heavy atom. The third-order valence-electron chi connectivity index (χ3n) is 5.52. The molecule has 0 atom stereocenters. The van der Waals surface area contributed by atoms with E-state index in [-0.39, 0.29) is 27.5 Å². The van der Waals surface area contributed by atoms with Gasteiger partial charge in [0.15, 0.2) is 0 Å². The molecule has 0 N–H and O–H groups in total. The van der Waals surface area contributed by atoms with Crippen LogP contribution in [0.2, 0.25) is 0 Å². The average molecular weight is 445 g/mol. The lowest BCUT2D eigenvalue weighted by atomic mass is 10.1. The maximum absolute atomic E-state index is 13.3. The van der Waals surface area contributed by atoms with Gasteiger partial charge in [0.1, 0.15) is 10.2 Å². The number of aryl methyl sites for hydroxylation is 1. The molecule has 0 saturated carbocycles. The van der Waals surface area contributed by atoms with Crippen LogP contribution in [0.1, 0.15) is 35.7 Å². The molecule has 160 valence electrons. The minimum absolute atomic E-state index is 0.189. The first-order valence-electron chi connectivity index (χ1n) is 10.4. The number of carbonyl (C=O) groups excluding carboxylic acids is 1. The lowest BCUT2D eigenvalue weighted by Gasteiger charge is -2.15. The van der Waals surface area contributed by atoms with E-state index in [2.05, 4.69) is 10.1 Å². The Morgan fingerprint density at radius 3 is 2.50 bits per heavy atom. The fourth-order valence-corrected chi connectivity index (χ4v) is 4.94. The Balaban J connectivity index is 1.70. The number of benzene rings is 2. The molecule has 0 fully saturated rings. The molecular weight excluding hydrogens is 424 g/mol. The predicted octanol–water partition coefficient (Wildman–Crippen LogP) is 2.08. The number of fused-ring (bicyclic) bond motifs is 2. The van der Waals surface area contributed by atoms with E-state index in [1.807, 2.05) is 62.4 Å². The fraction of sp³-hybridized carbons (Fsp3) is 0.208. The molecule has 1 aliphatic heterocycles. The van der Waals surface area contributed by atoms with Crippen LogP contribution in [0.5, 0.6) is 0 Å². The second-order valence-electron chi connectivity index (χ2n) is 7.81. The van der Waals surface area contributed by atoms with Crippen molar-refractivity contribution in [2.75, 3.05) is 11.4 Å². The number of amides is 1. The van der Waals surface area contributed by atoms with Gasteiger partial charge in [-0.15, -0.1) is 0 Å². The second kappa shape index (κ2) is 7.80. The van der Waals surface area contributed by atoms with Gasteiger partial charge in [-0.25, -0.2) is 0 Å². The smallest absolute Gasteiger partial charge is 0.296 e. The zero-order chi connectivity index (χ0) is 22.4. The SMILES string of the molecule is CCCN1C(=O)C(=c2sc3nc(=O)c(Cc4ccc(C)cc4)nn3c2=O)c2ccccc21. The molecule has 4 aromatic rings. The summed E-state index contributed by atoms with van der Waals surface area (Å²) < 4.78 is 1.41. The highest BCUT2D eigenvalue weighted by Gasteiger charge is 2.33. The van der Waals surface area contributed by atoms with Crippen LogP contribution in [-0.4, -0.2) is 27.0 Å². The number of aromatic nitrogens is 3. The van der Waals surface area contributed by atoms with Crippen LogP contribution in [0.3, 0.4) is 0 Å². The van der Waals surface area contributed by atoms with Crippen LogP contribution in [0.4, 0.5) is 5.69 Å². The molecule has 0 radical (unpaired) electrons. The topological polar surface area (TPSA) is 84.6 Å². The van der Waals surface area contributed by atoms with Gasteiger partial charge in [0.2, 0.25) is 4.96 Å². The standard InChI is InChI=1S/C24H20N4O3S/c1-3-12-27-18-7-5-4-6-16(18)19(22(27)30)20-23(31)28-24(32-20)25-21(29)17(26-28)13-15-10-8-14(2)9-11-15/h4-11H,3,12-13H2,1-2H3. The lowest BCUT2D eigenvalue weighted by Crippen LogP contribution is -2.33. The van der Waals surface area contributed by atoms with Gasteiger partial charge in [-0.1, -0.05) is 66.3 Å². The molecule has 1 amide bonds. The number of hydrogen-bond donors (Lipinski definition) is 0. The summed E-state index contributed by atoms with van der Waals surface area (Å²) in [5.41, 5.74) is 3.20. The van der Waals surface area contributed by atoms with Gasteiger partial charge in [0, 0.05) is 18.5 Å². The summed E-state index contributed by atoms with van der Waals surface area (Å²) in [4.78, 5) is 45.1. The first kappa shape index (κ1) is 20.3. The maximum Gasteiger partial charge on any atom is 0.296 e. The van der Waals surface area contributed by atoms with Crippen LogP contribution >= 0.6 is 11.3 Å². The predicted molar refractivity (Wildman–Crippen MR) is 124 cm³/mol. The largest absolute Gasteiger partial charge is 0.308 e. The molecule has 0 saturated heterocycles. The number of para-hydroxylation sites is 1. The van der Waals surface area contributed by atoms with Crippen molar-refractivity contribution in [3.05, 3.63) is 96.2 Å². The summed E-state index contributed by atoms with van der Waals surface area (Å²) in [7, 11) is 0. The van der Waals surface area contributed by atoms with Gasteiger partial charge in [-0.05, 0) is 25.0 Å². The van der Waals surface area contributed by atoms with Crippen molar-refractivity contribution < 1.29 is 4.79 Å². The lowest BCUT2D eigenvalue weighted by molar-refractivity contribution is -0.113. The van der Waals surface area contributed by atoms with E-state index in [1.54, 1.807) is 4.90 Å². The molecule has 0 spiro atoms. The first-order valence-corrected chi connectivity index (χ1v) is 11.2. The van der Waals surface area contributed by atoms with E-state index < -0.39 is 11.1 Å². The van der Waals surface area contributed by atoms with E-state index in [4.69, 9.17) is 0 Å². The number of carbonyl (C=O) groups is 1. The molecule has 2 aromatic heterocycles. The van der Waals surface area contributed by atoms with E-state index in [0.29, 0.717) is 12.1 Å². The molecule has 2 aromatic carbocycles. The minimum atomic E-state index is -0.464. The van der Waals surface area contributed by atoms with Gasteiger partial charge >= 0.3 is 0 Å². The quantitative estimate of drug-likeness (QED) is 0.481. The number of rotatable bonds is 4. The molecule has 0 unspecified atom stereocenters. The Bertz CT molecular complexity index is 1540. The number of hydrogen-bond acceptors (Lipinski definition) is 6. The fourth-order valence-electron chi connectivity index (χ4n) is 3.95. The average Bonchev–Trinajstić information content (AvgIpc) is 3.24. The zero-order valence-corrected chi connectivity index (χ0v) is 18.5. The van der Waals surface area contributed by atoms with Crippen LogP contribution in [0, 0.1) is 6.92 Å². The van der Waals surface area contributed by atoms with Crippen molar-refractivity contribution in [3.63, 3.8) is 0 Å². The third-order valence-corrected chi connectivity index (χ3v) is 6.55. The molecular formula is C24H20N4O3S. The number of anilines is 1. The molecule has 32 heavy (non-hydrogen) atoms. The van der Waals surface area contributed by atoms with Crippen molar-refractivity contribution >= 4 is 33.5 Å². The molecule has 5 rings (SSSR count). The van der Waals surface area contributed by atoms with Crippen molar-refractivity contribution in [2.24, 2.45) is 0 Å². The molecule has 3 heterocycles. The van der Waals surface area contributed by atoms with Crippen LogP contribution in [0.25, 0.3) is 10.5 Å². The van der Waals surface area contributed by atoms with Crippen LogP contribution in [-0.2, 0) is 11.2 Å². The second-order valence-corrected chi connectivity index (χ2v) is 8.78. The molecule has 0 bridgehead atoms. The molecule has 7 nitrogen and oxygen atoms in total. The Labute approximate surface area is 187 Å². The van der Waals surface area contributed by atoms with Gasteiger partial charge < -0.3 is 4.90 Å².